The van der Waals surface area contributed by atoms with Crippen LogP contribution in [0, 0.1) is 5.92 Å². The first-order valence-electron chi connectivity index (χ1n) is 17.4. The van der Waals surface area contributed by atoms with E-state index in [1.807, 2.05) is 6.92 Å². The second-order valence-corrected chi connectivity index (χ2v) is 13.0. The Labute approximate surface area is 301 Å². The summed E-state index contributed by atoms with van der Waals surface area (Å²) in [5.74, 6) is -5.34. The van der Waals surface area contributed by atoms with E-state index in [2.05, 4.69) is 31.9 Å². The topological polar surface area (TPSA) is 235 Å². The molecule has 7 amide bonds. The predicted octanol–water partition coefficient (Wildman–Crippen LogP) is -1.61. The van der Waals surface area contributed by atoms with E-state index in [-0.39, 0.29) is 37.5 Å². The Bertz CT molecular complexity index is 1600. The van der Waals surface area contributed by atoms with Gasteiger partial charge in [0.05, 0.1) is 19.7 Å². The van der Waals surface area contributed by atoms with E-state index in [9.17, 15) is 43.8 Å². The van der Waals surface area contributed by atoms with Crippen LogP contribution in [0.3, 0.4) is 0 Å². The van der Waals surface area contributed by atoms with Crippen LogP contribution in [-0.2, 0) is 46.4 Å². The number of aliphatic hydroxyl groups is 1. The van der Waals surface area contributed by atoms with Crippen LogP contribution in [0.25, 0.3) is 0 Å². The number of fused-ring (bicyclic) bond motifs is 1. The average Bonchev–Trinajstić information content (AvgIpc) is 3.64. The number of aromatic hydroxyl groups is 1. The fraction of sp³-hybridized carbons (Fsp3) is 0.472. The molecule has 0 saturated carbocycles. The van der Waals surface area contributed by atoms with Crippen LogP contribution in [0.4, 0.5) is 0 Å². The Kier molecular flexibility index (Phi) is 14.1. The number of phenols is 1. The number of benzene rings is 2. The summed E-state index contributed by atoms with van der Waals surface area (Å²) >= 11 is 0. The highest BCUT2D eigenvalue weighted by molar-refractivity contribution is 5.97. The number of nitrogens with one attached hydrogen (secondary N) is 6. The highest BCUT2D eigenvalue weighted by Crippen LogP contribution is 2.19. The zero-order valence-corrected chi connectivity index (χ0v) is 29.2. The molecule has 16 heteroatoms. The number of amides is 7. The quantitative estimate of drug-likeness (QED) is 0.164. The number of phenolic OH excluding ortho intramolecular Hbond substituents is 1. The molecule has 2 aliphatic heterocycles. The molecule has 52 heavy (non-hydrogen) atoms. The van der Waals surface area contributed by atoms with Crippen LogP contribution in [0.2, 0.25) is 0 Å². The minimum Gasteiger partial charge on any atom is -0.508 e. The monoisotopic (exact) mass is 721 g/mol. The van der Waals surface area contributed by atoms with Crippen molar-refractivity contribution in [3.05, 3.63) is 65.7 Å². The van der Waals surface area contributed by atoms with Gasteiger partial charge in [-0.2, -0.15) is 0 Å². The summed E-state index contributed by atoms with van der Waals surface area (Å²) in [5.41, 5.74) is 1.23. The van der Waals surface area contributed by atoms with Crippen molar-refractivity contribution in [3.63, 3.8) is 0 Å². The third-order valence-corrected chi connectivity index (χ3v) is 9.24. The fourth-order valence-electron chi connectivity index (χ4n) is 6.10. The lowest BCUT2D eigenvalue weighted by Crippen LogP contribution is -2.60. The minimum absolute atomic E-state index is 0.0145. The van der Waals surface area contributed by atoms with Crippen LogP contribution in [-0.4, -0.2) is 113 Å². The minimum atomic E-state index is -1.48. The number of carbonyl (C=O) groups is 7. The van der Waals surface area contributed by atoms with Gasteiger partial charge in [0, 0.05) is 19.4 Å². The Hall–Kier alpha value is -5.51. The molecule has 2 aliphatic rings. The predicted molar refractivity (Wildman–Crippen MR) is 187 cm³/mol. The molecule has 280 valence electrons. The first kappa shape index (κ1) is 39.3. The van der Waals surface area contributed by atoms with Gasteiger partial charge in [-0.25, -0.2) is 0 Å². The number of rotatable bonds is 7. The Balaban J connectivity index is 1.68. The fourth-order valence-corrected chi connectivity index (χ4v) is 6.10. The van der Waals surface area contributed by atoms with Crippen LogP contribution in [0.15, 0.2) is 54.6 Å². The maximum Gasteiger partial charge on any atom is 0.248 e. The number of hydrogen-bond donors (Lipinski definition) is 8. The first-order valence-corrected chi connectivity index (χ1v) is 17.4. The Morgan fingerprint density at radius 2 is 1.27 bits per heavy atom. The second-order valence-electron chi connectivity index (χ2n) is 13.0. The molecule has 2 fully saturated rings. The van der Waals surface area contributed by atoms with Gasteiger partial charge < -0.3 is 47.0 Å². The van der Waals surface area contributed by atoms with Gasteiger partial charge in [0.15, 0.2) is 0 Å². The highest BCUT2D eigenvalue weighted by atomic mass is 16.3. The van der Waals surface area contributed by atoms with Gasteiger partial charge >= 0.3 is 0 Å². The molecule has 0 aliphatic carbocycles. The molecule has 0 radical (unpaired) electrons. The normalized spacial score (nSPS) is 24.9. The van der Waals surface area contributed by atoms with Crippen molar-refractivity contribution < 1.29 is 43.8 Å². The number of carbonyl (C=O) groups excluding carboxylic acids is 7. The van der Waals surface area contributed by atoms with Gasteiger partial charge in [-0.3, -0.25) is 33.6 Å². The summed E-state index contributed by atoms with van der Waals surface area (Å²) in [5, 5.41) is 35.5. The zero-order chi connectivity index (χ0) is 37.8. The van der Waals surface area contributed by atoms with Crippen molar-refractivity contribution in [2.75, 3.05) is 26.2 Å². The summed E-state index contributed by atoms with van der Waals surface area (Å²) in [4.78, 5) is 95.1. The molecule has 16 nitrogen and oxygen atoms in total. The highest BCUT2D eigenvalue weighted by Gasteiger charge is 2.39. The molecule has 2 aromatic carbocycles. The largest absolute Gasteiger partial charge is 0.508 e. The Morgan fingerprint density at radius 3 is 1.88 bits per heavy atom. The SMILES string of the molecule is CC[C@H](C)[C@@H]1NC(=O)CNC(=O)[C@@H]2CCCN2C(=O)[C@@H](CO)NC(=O)[C@H](Cc2ccc(O)cc2)NC(=O)[C@H](Cc2ccccc2)NC(=O)CNC1=O. The third kappa shape index (κ3) is 10.7. The smallest absolute Gasteiger partial charge is 0.248 e. The van der Waals surface area contributed by atoms with E-state index < -0.39 is 91.3 Å². The summed E-state index contributed by atoms with van der Waals surface area (Å²) in [6.45, 7) is 1.88. The standard InChI is InChI=1S/C36H47N7O9/c1-3-21(2)31-35(51)38-18-29(46)39-25(16-22-8-5-4-6-9-22)32(48)40-26(17-23-11-13-24(45)14-12-23)33(49)41-27(20-44)36(52)43-15-7-10-28(43)34(50)37-19-30(47)42-31/h4-6,8-9,11-14,21,25-28,31,44-45H,3,7,10,15-20H2,1-2H3,(H,37,50)(H,38,51)(H,39,46)(H,40,48)(H,41,49)(H,42,47)/t21-,25-,26-,27+,28-,31-/m0/s1. The number of hydrogen-bond acceptors (Lipinski definition) is 9. The van der Waals surface area contributed by atoms with Crippen LogP contribution < -0.4 is 31.9 Å². The molecule has 0 bridgehead atoms. The molecule has 0 spiro atoms. The number of aliphatic hydroxyl groups excluding tert-OH is 1. The van der Waals surface area contributed by atoms with Crippen molar-refractivity contribution in [2.24, 2.45) is 5.92 Å². The van der Waals surface area contributed by atoms with Gasteiger partial charge in [-0.1, -0.05) is 62.7 Å². The van der Waals surface area contributed by atoms with Gasteiger partial charge in [0.2, 0.25) is 41.4 Å². The van der Waals surface area contributed by atoms with Crippen molar-refractivity contribution in [1.29, 1.82) is 0 Å². The summed E-state index contributed by atoms with van der Waals surface area (Å²) in [6, 6.07) is 8.65. The molecule has 0 aromatic heterocycles. The lowest BCUT2D eigenvalue weighted by atomic mass is 9.98. The number of nitrogens with zero attached hydrogens (tertiary/aromatic N) is 1. The van der Waals surface area contributed by atoms with E-state index in [0.29, 0.717) is 24.0 Å². The second kappa shape index (κ2) is 18.6. The summed E-state index contributed by atoms with van der Waals surface area (Å²) < 4.78 is 0. The van der Waals surface area contributed by atoms with Gasteiger partial charge in [-0.05, 0) is 42.0 Å². The van der Waals surface area contributed by atoms with E-state index in [0.717, 1.165) is 0 Å². The average molecular weight is 722 g/mol. The van der Waals surface area contributed by atoms with Crippen LogP contribution in [0.1, 0.15) is 44.2 Å². The molecule has 8 N–H and O–H groups in total. The van der Waals surface area contributed by atoms with Crippen molar-refractivity contribution in [3.8, 4) is 5.75 Å². The molecular weight excluding hydrogens is 674 g/mol. The van der Waals surface area contributed by atoms with E-state index in [1.54, 1.807) is 49.4 Å². The molecular formula is C36H47N7O9. The molecule has 2 heterocycles. The maximum absolute atomic E-state index is 13.9. The molecule has 4 rings (SSSR count). The molecule has 2 saturated heterocycles. The molecule has 2 aromatic rings. The third-order valence-electron chi connectivity index (χ3n) is 9.24. The van der Waals surface area contributed by atoms with Crippen molar-refractivity contribution in [1.82, 2.24) is 36.8 Å². The van der Waals surface area contributed by atoms with Gasteiger partial charge in [0.25, 0.3) is 0 Å². The summed E-state index contributed by atoms with van der Waals surface area (Å²) in [7, 11) is 0. The van der Waals surface area contributed by atoms with Crippen molar-refractivity contribution in [2.45, 2.75) is 76.2 Å². The van der Waals surface area contributed by atoms with Gasteiger partial charge in [0.1, 0.15) is 36.0 Å². The maximum atomic E-state index is 13.9. The first-order chi connectivity index (χ1) is 24.9. The Morgan fingerprint density at radius 1 is 0.712 bits per heavy atom. The van der Waals surface area contributed by atoms with E-state index >= 15 is 0 Å². The molecule has 0 unspecified atom stereocenters. The lowest BCUT2D eigenvalue weighted by molar-refractivity contribution is -0.143. The van der Waals surface area contributed by atoms with Crippen LogP contribution in [0.5, 0.6) is 5.75 Å². The lowest BCUT2D eigenvalue weighted by Gasteiger charge is -2.29. The summed E-state index contributed by atoms with van der Waals surface area (Å²) in [6.07, 6.45) is 1.14. The van der Waals surface area contributed by atoms with Crippen molar-refractivity contribution >= 4 is 41.4 Å². The van der Waals surface area contributed by atoms with Gasteiger partial charge in [-0.15, -0.1) is 0 Å². The molecule has 6 atom stereocenters. The van der Waals surface area contributed by atoms with Crippen LogP contribution >= 0.6 is 0 Å². The van der Waals surface area contributed by atoms with E-state index in [1.165, 1.54) is 17.0 Å². The zero-order valence-electron chi connectivity index (χ0n) is 29.2. The van der Waals surface area contributed by atoms with E-state index in [4.69, 9.17) is 0 Å².